The maximum Gasteiger partial charge on any atom is 0.274 e. The third kappa shape index (κ3) is 1.87. The minimum absolute atomic E-state index is 0.0792. The molecule has 1 aromatic rings. The van der Waals surface area contributed by atoms with Gasteiger partial charge in [-0.15, -0.1) is 0 Å². The van der Waals surface area contributed by atoms with E-state index in [-0.39, 0.29) is 5.91 Å². The molecule has 1 amide bonds. The maximum absolute atomic E-state index is 12.4. The Bertz CT molecular complexity index is 444. The molecule has 2 atom stereocenters. The van der Waals surface area contributed by atoms with Crippen LogP contribution in [0.3, 0.4) is 0 Å². The van der Waals surface area contributed by atoms with E-state index >= 15 is 0 Å². The van der Waals surface area contributed by atoms with Crippen molar-refractivity contribution in [2.75, 3.05) is 18.4 Å². The van der Waals surface area contributed by atoms with Crippen LogP contribution in [0.2, 0.25) is 0 Å². The summed E-state index contributed by atoms with van der Waals surface area (Å²) in [5.74, 6) is 1.51. The molecule has 0 aromatic carbocycles. The molecule has 1 N–H and O–H groups in total. The van der Waals surface area contributed by atoms with Crippen molar-refractivity contribution in [2.24, 2.45) is 5.92 Å². The molecule has 3 heterocycles. The minimum atomic E-state index is 0.0792. The lowest BCUT2D eigenvalue weighted by Gasteiger charge is -2.20. The van der Waals surface area contributed by atoms with Gasteiger partial charge in [0.1, 0.15) is 5.69 Å². The number of rotatable bonds is 1. The summed E-state index contributed by atoms with van der Waals surface area (Å²) >= 11 is 0. The van der Waals surface area contributed by atoms with Gasteiger partial charge in [0.25, 0.3) is 5.91 Å². The lowest BCUT2D eigenvalue weighted by molar-refractivity contribution is 0.0738. The molecule has 18 heavy (non-hydrogen) atoms. The van der Waals surface area contributed by atoms with Crippen LogP contribution in [0.15, 0.2) is 6.20 Å². The zero-order valence-electron chi connectivity index (χ0n) is 11.0. The smallest absolute Gasteiger partial charge is 0.274 e. The van der Waals surface area contributed by atoms with E-state index in [2.05, 4.69) is 24.1 Å². The van der Waals surface area contributed by atoms with Gasteiger partial charge in [-0.1, -0.05) is 6.92 Å². The quantitative estimate of drug-likeness (QED) is 0.820. The van der Waals surface area contributed by atoms with E-state index in [0.29, 0.717) is 17.7 Å². The number of carbonyl (C=O) groups excluding carboxylic acids is 1. The van der Waals surface area contributed by atoms with Gasteiger partial charge in [0.05, 0.1) is 0 Å². The van der Waals surface area contributed by atoms with Gasteiger partial charge in [0, 0.05) is 31.9 Å². The zero-order valence-corrected chi connectivity index (χ0v) is 11.0. The van der Waals surface area contributed by atoms with Gasteiger partial charge in [-0.25, -0.2) is 4.98 Å². The highest BCUT2D eigenvalue weighted by atomic mass is 16.2. The Kier molecular flexibility index (Phi) is 2.76. The van der Waals surface area contributed by atoms with Crippen LogP contribution in [0.25, 0.3) is 0 Å². The third-order valence-electron chi connectivity index (χ3n) is 3.90. The predicted molar refractivity (Wildman–Crippen MR) is 69.6 cm³/mol. The van der Waals surface area contributed by atoms with Crippen molar-refractivity contribution in [3.05, 3.63) is 11.9 Å². The van der Waals surface area contributed by atoms with Crippen LogP contribution in [-0.4, -0.2) is 39.5 Å². The van der Waals surface area contributed by atoms with Crippen LogP contribution in [0.5, 0.6) is 0 Å². The predicted octanol–water partition coefficient (Wildman–Crippen LogP) is 1.57. The number of fused-ring (bicyclic) bond motifs is 1. The molecule has 98 valence electrons. The van der Waals surface area contributed by atoms with Crippen LogP contribution in [-0.2, 0) is 6.54 Å². The molecule has 2 aliphatic heterocycles. The number of hydrogen-bond donors (Lipinski definition) is 1. The van der Waals surface area contributed by atoms with E-state index in [1.807, 2.05) is 15.7 Å². The summed E-state index contributed by atoms with van der Waals surface area (Å²) in [6.45, 7) is 7.07. The summed E-state index contributed by atoms with van der Waals surface area (Å²) < 4.78 is 2.04. The monoisotopic (exact) mass is 248 g/mol. The zero-order chi connectivity index (χ0) is 12.7. The number of anilines is 1. The number of likely N-dealkylation sites (tertiary alicyclic amines) is 1. The van der Waals surface area contributed by atoms with Gasteiger partial charge in [-0.2, -0.15) is 0 Å². The van der Waals surface area contributed by atoms with E-state index in [0.717, 1.165) is 38.4 Å². The summed E-state index contributed by atoms with van der Waals surface area (Å²) in [5.41, 5.74) is 0.584. The van der Waals surface area contributed by atoms with Crippen molar-refractivity contribution < 1.29 is 4.79 Å². The Balaban J connectivity index is 1.82. The van der Waals surface area contributed by atoms with Gasteiger partial charge in [-0.05, 0) is 25.7 Å². The lowest BCUT2D eigenvalue weighted by Crippen LogP contribution is -2.34. The van der Waals surface area contributed by atoms with Crippen LogP contribution < -0.4 is 5.32 Å². The fourth-order valence-corrected chi connectivity index (χ4v) is 3.01. The first-order chi connectivity index (χ1) is 8.65. The normalized spacial score (nSPS) is 26.9. The SMILES string of the molecule is CC1CC(C)N(C(=O)c2cn3c(n2)NCCC3)C1. The number of imidazole rings is 1. The van der Waals surface area contributed by atoms with Gasteiger partial charge >= 0.3 is 0 Å². The number of carbonyl (C=O) groups is 1. The lowest BCUT2D eigenvalue weighted by atomic mass is 10.1. The van der Waals surface area contributed by atoms with E-state index < -0.39 is 0 Å². The van der Waals surface area contributed by atoms with Crippen molar-refractivity contribution >= 4 is 11.9 Å². The minimum Gasteiger partial charge on any atom is -0.356 e. The van der Waals surface area contributed by atoms with Crippen molar-refractivity contribution in [1.29, 1.82) is 0 Å². The molecule has 5 heteroatoms. The number of aromatic nitrogens is 2. The molecular formula is C13H20N4O. The number of aryl methyl sites for hydroxylation is 1. The molecule has 1 fully saturated rings. The first-order valence-corrected chi connectivity index (χ1v) is 6.77. The molecule has 5 nitrogen and oxygen atoms in total. The highest BCUT2D eigenvalue weighted by Gasteiger charge is 2.32. The molecule has 0 aliphatic carbocycles. The van der Waals surface area contributed by atoms with Gasteiger partial charge < -0.3 is 14.8 Å². The van der Waals surface area contributed by atoms with Gasteiger partial charge in [0.2, 0.25) is 5.95 Å². The van der Waals surface area contributed by atoms with Crippen molar-refractivity contribution in [2.45, 2.75) is 39.3 Å². The van der Waals surface area contributed by atoms with Gasteiger partial charge in [-0.3, -0.25) is 4.79 Å². The molecule has 2 unspecified atom stereocenters. The first kappa shape index (κ1) is 11.6. The van der Waals surface area contributed by atoms with Crippen LogP contribution in [0.1, 0.15) is 37.2 Å². The summed E-state index contributed by atoms with van der Waals surface area (Å²) in [6.07, 6.45) is 4.07. The van der Waals surface area contributed by atoms with E-state index in [9.17, 15) is 4.79 Å². The molecule has 2 aliphatic rings. The Morgan fingerprint density at radius 1 is 1.50 bits per heavy atom. The average molecular weight is 248 g/mol. The Morgan fingerprint density at radius 3 is 3.00 bits per heavy atom. The molecule has 0 saturated carbocycles. The van der Waals surface area contributed by atoms with Crippen LogP contribution >= 0.6 is 0 Å². The number of nitrogens with zero attached hydrogens (tertiary/aromatic N) is 3. The Hall–Kier alpha value is -1.52. The summed E-state index contributed by atoms with van der Waals surface area (Å²) in [4.78, 5) is 18.8. The fraction of sp³-hybridized carbons (Fsp3) is 0.692. The molecule has 3 rings (SSSR count). The largest absolute Gasteiger partial charge is 0.356 e. The molecular weight excluding hydrogens is 228 g/mol. The Labute approximate surface area is 107 Å². The van der Waals surface area contributed by atoms with Gasteiger partial charge in [0.15, 0.2) is 0 Å². The summed E-state index contributed by atoms with van der Waals surface area (Å²) in [6, 6.07) is 0.333. The van der Waals surface area contributed by atoms with Crippen molar-refractivity contribution in [3.8, 4) is 0 Å². The second-order valence-corrected chi connectivity index (χ2v) is 5.57. The number of hydrogen-bond acceptors (Lipinski definition) is 3. The maximum atomic E-state index is 12.4. The highest BCUT2D eigenvalue weighted by molar-refractivity contribution is 5.93. The molecule has 0 spiro atoms. The first-order valence-electron chi connectivity index (χ1n) is 6.77. The molecule has 0 bridgehead atoms. The third-order valence-corrected chi connectivity index (χ3v) is 3.90. The average Bonchev–Trinajstić information content (AvgIpc) is 2.91. The Morgan fingerprint density at radius 2 is 2.33 bits per heavy atom. The second-order valence-electron chi connectivity index (χ2n) is 5.57. The molecule has 1 aromatic heterocycles. The number of amides is 1. The standard InChI is InChI=1S/C13H20N4O/c1-9-6-10(2)17(7-9)12(18)11-8-16-5-3-4-14-13(16)15-11/h8-10H,3-7H2,1-2H3,(H,14,15). The fourth-order valence-electron chi connectivity index (χ4n) is 3.01. The summed E-state index contributed by atoms with van der Waals surface area (Å²) in [5, 5.41) is 3.23. The van der Waals surface area contributed by atoms with E-state index in [4.69, 9.17) is 0 Å². The number of nitrogens with one attached hydrogen (secondary N) is 1. The highest BCUT2D eigenvalue weighted by Crippen LogP contribution is 2.25. The molecule has 1 saturated heterocycles. The van der Waals surface area contributed by atoms with Crippen molar-refractivity contribution in [1.82, 2.24) is 14.5 Å². The van der Waals surface area contributed by atoms with Crippen LogP contribution in [0.4, 0.5) is 5.95 Å². The van der Waals surface area contributed by atoms with E-state index in [1.165, 1.54) is 0 Å². The van der Waals surface area contributed by atoms with Crippen molar-refractivity contribution in [3.63, 3.8) is 0 Å². The van der Waals surface area contributed by atoms with E-state index in [1.54, 1.807) is 0 Å². The van der Waals surface area contributed by atoms with Crippen LogP contribution in [0, 0.1) is 5.92 Å². The topological polar surface area (TPSA) is 50.2 Å². The molecule has 0 radical (unpaired) electrons. The second kappa shape index (κ2) is 4.30. The summed E-state index contributed by atoms with van der Waals surface area (Å²) in [7, 11) is 0.